The molecular formula is C16H26N2O2. The molecule has 112 valence electrons. The van der Waals surface area contributed by atoms with Crippen molar-refractivity contribution in [2.24, 2.45) is 0 Å². The molecule has 0 aromatic heterocycles. The number of hydrogen-bond donors (Lipinski definition) is 1. The molecular weight excluding hydrogens is 252 g/mol. The zero-order chi connectivity index (χ0) is 14.0. The summed E-state index contributed by atoms with van der Waals surface area (Å²) in [5.74, 6) is 1.61. The predicted molar refractivity (Wildman–Crippen MR) is 81.6 cm³/mol. The molecule has 1 N–H and O–H groups in total. The van der Waals surface area contributed by atoms with Crippen LogP contribution in [0, 0.1) is 0 Å². The molecule has 0 spiro atoms. The SMILES string of the molecule is COc1ccccc1OCCNCCN1CCCCC1. The number of rotatable bonds is 8. The summed E-state index contributed by atoms with van der Waals surface area (Å²) in [7, 11) is 1.67. The summed E-state index contributed by atoms with van der Waals surface area (Å²) in [5.41, 5.74) is 0. The normalized spacial score (nSPS) is 16.1. The lowest BCUT2D eigenvalue weighted by atomic mass is 10.1. The lowest BCUT2D eigenvalue weighted by molar-refractivity contribution is 0.225. The highest BCUT2D eigenvalue weighted by molar-refractivity contribution is 5.39. The monoisotopic (exact) mass is 278 g/mol. The highest BCUT2D eigenvalue weighted by Crippen LogP contribution is 2.25. The van der Waals surface area contributed by atoms with E-state index in [2.05, 4.69) is 10.2 Å². The number of likely N-dealkylation sites (tertiary alicyclic amines) is 1. The lowest BCUT2D eigenvalue weighted by Crippen LogP contribution is -2.36. The summed E-state index contributed by atoms with van der Waals surface area (Å²) in [6, 6.07) is 7.76. The quantitative estimate of drug-likeness (QED) is 0.739. The average Bonchev–Trinajstić information content (AvgIpc) is 2.52. The summed E-state index contributed by atoms with van der Waals surface area (Å²) in [6.45, 7) is 6.25. The Balaban J connectivity index is 1.55. The molecule has 1 aromatic carbocycles. The molecule has 0 radical (unpaired) electrons. The van der Waals surface area contributed by atoms with E-state index in [0.29, 0.717) is 6.61 Å². The van der Waals surface area contributed by atoms with Gasteiger partial charge in [-0.05, 0) is 38.1 Å². The Morgan fingerprint density at radius 1 is 1.05 bits per heavy atom. The molecule has 0 atom stereocenters. The highest BCUT2D eigenvalue weighted by atomic mass is 16.5. The summed E-state index contributed by atoms with van der Waals surface area (Å²) in [4.78, 5) is 2.54. The highest BCUT2D eigenvalue weighted by Gasteiger charge is 2.08. The van der Waals surface area contributed by atoms with Gasteiger partial charge in [-0.3, -0.25) is 0 Å². The zero-order valence-electron chi connectivity index (χ0n) is 12.4. The molecule has 0 amide bonds. The van der Waals surface area contributed by atoms with Crippen LogP contribution in [0.15, 0.2) is 24.3 Å². The maximum absolute atomic E-state index is 5.72. The van der Waals surface area contributed by atoms with Crippen molar-refractivity contribution in [2.45, 2.75) is 19.3 Å². The predicted octanol–water partition coefficient (Wildman–Crippen LogP) is 2.15. The minimum absolute atomic E-state index is 0.667. The minimum Gasteiger partial charge on any atom is -0.493 e. The average molecular weight is 278 g/mol. The molecule has 4 nitrogen and oxygen atoms in total. The molecule has 1 heterocycles. The summed E-state index contributed by atoms with van der Waals surface area (Å²) < 4.78 is 11.0. The molecule has 2 rings (SSSR count). The maximum atomic E-state index is 5.72. The zero-order valence-corrected chi connectivity index (χ0v) is 12.4. The van der Waals surface area contributed by atoms with Crippen LogP contribution in [0.3, 0.4) is 0 Å². The van der Waals surface area contributed by atoms with Crippen molar-refractivity contribution in [3.8, 4) is 11.5 Å². The fourth-order valence-corrected chi connectivity index (χ4v) is 2.52. The van der Waals surface area contributed by atoms with Crippen LogP contribution < -0.4 is 14.8 Å². The van der Waals surface area contributed by atoms with Crippen LogP contribution in [0.25, 0.3) is 0 Å². The third-order valence-corrected chi connectivity index (χ3v) is 3.66. The first-order valence-electron chi connectivity index (χ1n) is 7.59. The molecule has 1 aromatic rings. The van der Waals surface area contributed by atoms with Gasteiger partial charge in [0.2, 0.25) is 0 Å². The molecule has 0 aliphatic carbocycles. The Morgan fingerprint density at radius 3 is 2.55 bits per heavy atom. The smallest absolute Gasteiger partial charge is 0.161 e. The van der Waals surface area contributed by atoms with Gasteiger partial charge in [-0.25, -0.2) is 0 Å². The number of nitrogens with zero attached hydrogens (tertiary/aromatic N) is 1. The van der Waals surface area contributed by atoms with Crippen molar-refractivity contribution in [1.82, 2.24) is 10.2 Å². The van der Waals surface area contributed by atoms with E-state index in [-0.39, 0.29) is 0 Å². The standard InChI is InChI=1S/C16H26N2O2/c1-19-15-7-3-4-8-16(15)20-14-10-17-9-13-18-11-5-2-6-12-18/h3-4,7-8,17H,2,5-6,9-14H2,1H3. The number of para-hydroxylation sites is 2. The van der Waals surface area contributed by atoms with Crippen molar-refractivity contribution in [1.29, 1.82) is 0 Å². The third kappa shape index (κ3) is 5.02. The van der Waals surface area contributed by atoms with Gasteiger partial charge in [-0.1, -0.05) is 18.6 Å². The third-order valence-electron chi connectivity index (χ3n) is 3.66. The number of nitrogens with one attached hydrogen (secondary N) is 1. The van der Waals surface area contributed by atoms with Gasteiger partial charge in [-0.15, -0.1) is 0 Å². The molecule has 4 heteroatoms. The molecule has 0 unspecified atom stereocenters. The van der Waals surface area contributed by atoms with E-state index >= 15 is 0 Å². The van der Waals surface area contributed by atoms with Gasteiger partial charge in [0, 0.05) is 19.6 Å². The fraction of sp³-hybridized carbons (Fsp3) is 0.625. The second-order valence-corrected chi connectivity index (χ2v) is 5.15. The van der Waals surface area contributed by atoms with E-state index < -0.39 is 0 Å². The Labute approximate surface area is 122 Å². The van der Waals surface area contributed by atoms with Crippen LogP contribution in [0.4, 0.5) is 0 Å². The molecule has 0 saturated carbocycles. The molecule has 1 fully saturated rings. The number of methoxy groups -OCH3 is 1. The first-order chi connectivity index (χ1) is 9.90. The number of ether oxygens (including phenoxy) is 2. The van der Waals surface area contributed by atoms with Crippen molar-refractivity contribution in [2.75, 3.05) is 46.4 Å². The van der Waals surface area contributed by atoms with E-state index in [9.17, 15) is 0 Å². The van der Waals surface area contributed by atoms with Crippen LogP contribution in [0.5, 0.6) is 11.5 Å². The Bertz CT molecular complexity index is 378. The molecule has 1 aliphatic heterocycles. The van der Waals surface area contributed by atoms with Gasteiger partial charge in [0.05, 0.1) is 7.11 Å². The minimum atomic E-state index is 0.667. The Kier molecular flexibility index (Phi) is 6.68. The number of piperidine rings is 1. The van der Waals surface area contributed by atoms with Crippen molar-refractivity contribution in [3.05, 3.63) is 24.3 Å². The first-order valence-corrected chi connectivity index (χ1v) is 7.59. The van der Waals surface area contributed by atoms with Crippen LogP contribution >= 0.6 is 0 Å². The number of hydrogen-bond acceptors (Lipinski definition) is 4. The van der Waals surface area contributed by atoms with Crippen LogP contribution in [-0.2, 0) is 0 Å². The Morgan fingerprint density at radius 2 is 1.80 bits per heavy atom. The van der Waals surface area contributed by atoms with E-state index in [4.69, 9.17) is 9.47 Å². The summed E-state index contributed by atoms with van der Waals surface area (Å²) in [6.07, 6.45) is 4.12. The van der Waals surface area contributed by atoms with Crippen molar-refractivity contribution >= 4 is 0 Å². The molecule has 1 saturated heterocycles. The van der Waals surface area contributed by atoms with Crippen molar-refractivity contribution in [3.63, 3.8) is 0 Å². The van der Waals surface area contributed by atoms with E-state index in [1.54, 1.807) is 7.11 Å². The van der Waals surface area contributed by atoms with Gasteiger partial charge in [0.1, 0.15) is 6.61 Å². The van der Waals surface area contributed by atoms with Crippen LogP contribution in [-0.4, -0.2) is 51.3 Å². The molecule has 1 aliphatic rings. The lowest BCUT2D eigenvalue weighted by Gasteiger charge is -2.26. The first kappa shape index (κ1) is 15.1. The second kappa shape index (κ2) is 8.82. The van der Waals surface area contributed by atoms with Crippen molar-refractivity contribution < 1.29 is 9.47 Å². The largest absolute Gasteiger partial charge is 0.493 e. The van der Waals surface area contributed by atoms with Gasteiger partial charge in [0.15, 0.2) is 11.5 Å². The van der Waals surface area contributed by atoms with Gasteiger partial charge in [0.25, 0.3) is 0 Å². The van der Waals surface area contributed by atoms with Gasteiger partial charge < -0.3 is 19.7 Å². The molecule has 20 heavy (non-hydrogen) atoms. The van der Waals surface area contributed by atoms with E-state index in [1.165, 1.54) is 32.4 Å². The van der Waals surface area contributed by atoms with E-state index in [0.717, 1.165) is 31.1 Å². The Hall–Kier alpha value is -1.26. The van der Waals surface area contributed by atoms with Crippen LogP contribution in [0.1, 0.15) is 19.3 Å². The summed E-state index contributed by atoms with van der Waals surface area (Å²) >= 11 is 0. The van der Waals surface area contributed by atoms with Gasteiger partial charge in [-0.2, -0.15) is 0 Å². The fourth-order valence-electron chi connectivity index (χ4n) is 2.52. The topological polar surface area (TPSA) is 33.7 Å². The maximum Gasteiger partial charge on any atom is 0.161 e. The number of benzene rings is 1. The van der Waals surface area contributed by atoms with Gasteiger partial charge >= 0.3 is 0 Å². The van der Waals surface area contributed by atoms with Crippen LogP contribution in [0.2, 0.25) is 0 Å². The summed E-state index contributed by atoms with van der Waals surface area (Å²) in [5, 5.41) is 3.43. The van der Waals surface area contributed by atoms with E-state index in [1.807, 2.05) is 24.3 Å². The molecule has 0 bridgehead atoms. The second-order valence-electron chi connectivity index (χ2n) is 5.15.